The zero-order valence-electron chi connectivity index (χ0n) is 12.4. The molecule has 1 aromatic heterocycles. The van der Waals surface area contributed by atoms with Crippen LogP contribution >= 0.6 is 0 Å². The summed E-state index contributed by atoms with van der Waals surface area (Å²) < 4.78 is 0. The largest absolute Gasteiger partial charge is 0.507 e. The highest BCUT2D eigenvalue weighted by Gasteiger charge is 2.14. The maximum Gasteiger partial charge on any atom is 0.238 e. The number of hydrazine groups is 1. The molecule has 7 nitrogen and oxygen atoms in total. The van der Waals surface area contributed by atoms with Crippen LogP contribution < -0.4 is 16.6 Å². The summed E-state index contributed by atoms with van der Waals surface area (Å²) in [4.78, 5) is 19.9. The predicted molar refractivity (Wildman–Crippen MR) is 88.4 cm³/mol. The number of anilines is 2. The second kappa shape index (κ2) is 5.54. The second-order valence-electron chi connectivity index (χ2n) is 5.04. The number of nitrogen functional groups attached to an aromatic ring is 1. The molecule has 0 spiro atoms. The van der Waals surface area contributed by atoms with Crippen LogP contribution in [0.4, 0.5) is 11.6 Å². The summed E-state index contributed by atoms with van der Waals surface area (Å²) in [7, 11) is 0. The summed E-state index contributed by atoms with van der Waals surface area (Å²) in [6, 6.07) is 11.9. The third kappa shape index (κ3) is 2.65. The third-order valence-electron chi connectivity index (χ3n) is 3.47. The monoisotopic (exact) mass is 309 g/mol. The number of nitrogens with zero attached hydrogens (tertiary/aromatic N) is 3. The van der Waals surface area contributed by atoms with Crippen molar-refractivity contribution in [2.75, 3.05) is 10.7 Å². The Balaban J connectivity index is 2.30. The lowest BCUT2D eigenvalue weighted by atomic mass is 10.0. The van der Waals surface area contributed by atoms with Gasteiger partial charge in [0, 0.05) is 17.9 Å². The van der Waals surface area contributed by atoms with E-state index in [2.05, 4.69) is 9.97 Å². The fourth-order valence-corrected chi connectivity index (χ4v) is 2.35. The van der Waals surface area contributed by atoms with Crippen molar-refractivity contribution in [3.8, 4) is 17.0 Å². The summed E-state index contributed by atoms with van der Waals surface area (Å²) in [6.45, 7) is 1.37. The number of carbonyl (C=O) groups is 1. The number of aromatic hydroxyl groups is 1. The van der Waals surface area contributed by atoms with E-state index in [0.717, 1.165) is 5.01 Å². The molecule has 0 unspecified atom stereocenters. The maximum atomic E-state index is 11.5. The molecule has 2 aromatic carbocycles. The summed E-state index contributed by atoms with van der Waals surface area (Å²) in [5, 5.41) is 11.8. The van der Waals surface area contributed by atoms with Gasteiger partial charge in [-0.2, -0.15) is 0 Å². The molecular formula is C16H15N5O2. The molecule has 5 N–H and O–H groups in total. The molecule has 3 rings (SSSR count). The lowest BCUT2D eigenvalue weighted by molar-refractivity contribution is -0.116. The van der Waals surface area contributed by atoms with Crippen molar-refractivity contribution in [2.45, 2.75) is 6.92 Å². The molecule has 0 fully saturated rings. The van der Waals surface area contributed by atoms with Gasteiger partial charge in [-0.05, 0) is 30.3 Å². The molecule has 0 bridgehead atoms. The maximum absolute atomic E-state index is 11.5. The molecule has 0 radical (unpaired) electrons. The van der Waals surface area contributed by atoms with E-state index in [4.69, 9.17) is 11.6 Å². The van der Waals surface area contributed by atoms with E-state index in [-0.39, 0.29) is 17.6 Å². The normalized spacial score (nSPS) is 10.7. The van der Waals surface area contributed by atoms with E-state index in [0.29, 0.717) is 27.8 Å². The van der Waals surface area contributed by atoms with Gasteiger partial charge in [-0.1, -0.05) is 12.1 Å². The molecule has 3 aromatic rings. The number of rotatable bonds is 2. The van der Waals surface area contributed by atoms with Gasteiger partial charge in [-0.25, -0.2) is 20.8 Å². The molecular weight excluding hydrogens is 294 g/mol. The standard InChI is InChI=1S/C16H15N5O2/c1-9(22)21(18)10-6-7-13-12(8-10)15(20-16(17)19-13)11-4-2-3-5-14(11)23/h2-8,23H,18H2,1H3,(H2,17,19,20). The number of phenolic OH excluding ortho intramolecular Hbond substituents is 1. The van der Waals surface area contributed by atoms with Crippen molar-refractivity contribution in [3.05, 3.63) is 42.5 Å². The smallest absolute Gasteiger partial charge is 0.238 e. The number of aromatic nitrogens is 2. The van der Waals surface area contributed by atoms with Gasteiger partial charge in [0.25, 0.3) is 0 Å². The number of nitrogens with two attached hydrogens (primary N) is 2. The van der Waals surface area contributed by atoms with Gasteiger partial charge in [0.1, 0.15) is 5.75 Å². The highest BCUT2D eigenvalue weighted by molar-refractivity contribution is 5.99. The minimum Gasteiger partial charge on any atom is -0.507 e. The average Bonchev–Trinajstić information content (AvgIpc) is 2.53. The van der Waals surface area contributed by atoms with Crippen molar-refractivity contribution in [3.63, 3.8) is 0 Å². The van der Waals surface area contributed by atoms with Crippen molar-refractivity contribution in [1.29, 1.82) is 0 Å². The van der Waals surface area contributed by atoms with E-state index in [9.17, 15) is 9.90 Å². The van der Waals surface area contributed by atoms with Gasteiger partial charge in [-0.3, -0.25) is 4.79 Å². The van der Waals surface area contributed by atoms with Gasteiger partial charge in [0.2, 0.25) is 11.9 Å². The molecule has 7 heteroatoms. The molecule has 0 atom stereocenters. The van der Waals surface area contributed by atoms with Crippen LogP contribution in [0.3, 0.4) is 0 Å². The Morgan fingerprint density at radius 3 is 2.61 bits per heavy atom. The number of hydrogen-bond acceptors (Lipinski definition) is 6. The molecule has 23 heavy (non-hydrogen) atoms. The average molecular weight is 309 g/mol. The van der Waals surface area contributed by atoms with Crippen LogP contribution in [0.25, 0.3) is 22.2 Å². The Hall–Kier alpha value is -3.19. The lowest BCUT2D eigenvalue weighted by Gasteiger charge is -2.16. The number of benzene rings is 2. The van der Waals surface area contributed by atoms with Crippen LogP contribution in [0.5, 0.6) is 5.75 Å². The molecule has 0 aliphatic heterocycles. The number of hydrogen-bond donors (Lipinski definition) is 3. The molecule has 0 saturated carbocycles. The molecule has 0 aliphatic carbocycles. The van der Waals surface area contributed by atoms with Crippen LogP contribution in [-0.4, -0.2) is 21.0 Å². The third-order valence-corrected chi connectivity index (χ3v) is 3.47. The van der Waals surface area contributed by atoms with Crippen molar-refractivity contribution in [1.82, 2.24) is 9.97 Å². The SMILES string of the molecule is CC(=O)N(N)c1ccc2nc(N)nc(-c3ccccc3O)c2c1. The van der Waals surface area contributed by atoms with E-state index >= 15 is 0 Å². The number of fused-ring (bicyclic) bond motifs is 1. The minimum atomic E-state index is -0.301. The first-order valence-corrected chi connectivity index (χ1v) is 6.88. The topological polar surface area (TPSA) is 118 Å². The fraction of sp³-hybridized carbons (Fsp3) is 0.0625. The first kappa shape index (κ1) is 14.7. The van der Waals surface area contributed by atoms with Crippen molar-refractivity contribution >= 4 is 28.4 Å². The van der Waals surface area contributed by atoms with Crippen molar-refractivity contribution < 1.29 is 9.90 Å². The van der Waals surface area contributed by atoms with E-state index in [1.165, 1.54) is 6.92 Å². The van der Waals surface area contributed by atoms with Crippen molar-refractivity contribution in [2.24, 2.45) is 5.84 Å². The van der Waals surface area contributed by atoms with Crippen LogP contribution in [0, 0.1) is 0 Å². The molecule has 1 amide bonds. The zero-order valence-corrected chi connectivity index (χ0v) is 12.4. The van der Waals surface area contributed by atoms with Gasteiger partial charge >= 0.3 is 0 Å². The number of phenols is 1. The quantitative estimate of drug-likeness (QED) is 0.377. The molecule has 1 heterocycles. The Kier molecular flexibility index (Phi) is 3.55. The Morgan fingerprint density at radius 2 is 1.91 bits per heavy atom. The second-order valence-corrected chi connectivity index (χ2v) is 5.04. The minimum absolute atomic E-state index is 0.0773. The van der Waals surface area contributed by atoms with Gasteiger partial charge in [0.05, 0.1) is 16.9 Å². The number of amides is 1. The summed E-state index contributed by atoms with van der Waals surface area (Å²) in [6.07, 6.45) is 0. The van der Waals surface area contributed by atoms with Crippen LogP contribution in [0.2, 0.25) is 0 Å². The van der Waals surface area contributed by atoms with E-state index in [1.807, 2.05) is 0 Å². The zero-order chi connectivity index (χ0) is 16.6. The van der Waals surface area contributed by atoms with E-state index in [1.54, 1.807) is 42.5 Å². The highest BCUT2D eigenvalue weighted by atomic mass is 16.3. The summed E-state index contributed by atoms with van der Waals surface area (Å²) in [5.74, 6) is 5.62. The lowest BCUT2D eigenvalue weighted by Crippen LogP contribution is -2.35. The molecule has 116 valence electrons. The Labute approximate surface area is 132 Å². The fourth-order valence-electron chi connectivity index (χ4n) is 2.35. The number of carbonyl (C=O) groups excluding carboxylic acids is 1. The highest BCUT2D eigenvalue weighted by Crippen LogP contribution is 2.34. The summed E-state index contributed by atoms with van der Waals surface area (Å²) >= 11 is 0. The first-order valence-electron chi connectivity index (χ1n) is 6.88. The van der Waals surface area contributed by atoms with Crippen LogP contribution in [-0.2, 0) is 4.79 Å². The van der Waals surface area contributed by atoms with E-state index < -0.39 is 0 Å². The number of para-hydroxylation sites is 1. The summed E-state index contributed by atoms with van der Waals surface area (Å²) in [5.41, 5.74) is 7.85. The Morgan fingerprint density at radius 1 is 1.17 bits per heavy atom. The van der Waals surface area contributed by atoms with Crippen LogP contribution in [0.1, 0.15) is 6.92 Å². The molecule has 0 aliphatic rings. The first-order chi connectivity index (χ1) is 11.0. The van der Waals surface area contributed by atoms with Gasteiger partial charge < -0.3 is 10.8 Å². The van der Waals surface area contributed by atoms with Crippen LogP contribution in [0.15, 0.2) is 42.5 Å². The van der Waals surface area contributed by atoms with Gasteiger partial charge in [0.15, 0.2) is 0 Å². The predicted octanol–water partition coefficient (Wildman–Crippen LogP) is 1.81. The van der Waals surface area contributed by atoms with Gasteiger partial charge in [-0.15, -0.1) is 0 Å². The molecule has 0 saturated heterocycles. The Bertz CT molecular complexity index is 910.